The number of hydrogen-bond acceptors (Lipinski definition) is 4. The Labute approximate surface area is 125 Å². The molecule has 1 amide bonds. The summed E-state index contributed by atoms with van der Waals surface area (Å²) in [5.74, 6) is -0.655. The normalized spacial score (nSPS) is 16.6. The maximum Gasteiger partial charge on any atom is 0.264 e. The van der Waals surface area contributed by atoms with Crippen molar-refractivity contribution in [2.45, 2.75) is 32.1 Å². The minimum absolute atomic E-state index is 0.313. The number of amides is 1. The fraction of sp³-hybridized carbons (Fsp3) is 0.533. The van der Waals surface area contributed by atoms with E-state index in [2.05, 4.69) is 0 Å². The van der Waals surface area contributed by atoms with Crippen molar-refractivity contribution >= 4 is 15.9 Å². The van der Waals surface area contributed by atoms with Gasteiger partial charge in [-0.1, -0.05) is 37.5 Å². The molecule has 1 N–H and O–H groups in total. The molecule has 6 heteroatoms. The second-order valence-corrected chi connectivity index (χ2v) is 7.07. The zero-order valence-corrected chi connectivity index (χ0v) is 12.8. The molecule has 0 radical (unpaired) electrons. The zero-order valence-electron chi connectivity index (χ0n) is 12.0. The van der Waals surface area contributed by atoms with Crippen molar-refractivity contribution in [2.24, 2.45) is 5.92 Å². The van der Waals surface area contributed by atoms with E-state index < -0.39 is 21.9 Å². The monoisotopic (exact) mass is 311 g/mol. The van der Waals surface area contributed by atoms with E-state index in [0.717, 1.165) is 12.8 Å². The first-order valence-electron chi connectivity index (χ1n) is 7.24. The van der Waals surface area contributed by atoms with Gasteiger partial charge in [-0.05, 0) is 30.9 Å². The third-order valence-electron chi connectivity index (χ3n) is 3.60. The maximum absolute atomic E-state index is 11.8. The quantitative estimate of drug-likeness (QED) is 0.875. The number of hydrogen-bond donors (Lipinski definition) is 1. The standard InChI is InChI=1S/C15H21NO4S/c17-15(14-9-5-2-6-10-14)16-21(18,19)12-20-11-13-7-3-1-4-8-13/h2,5-6,9-10,13H,1,3-4,7-8,11-12H2,(H,16,17). The molecule has 1 fully saturated rings. The summed E-state index contributed by atoms with van der Waals surface area (Å²) >= 11 is 0. The van der Waals surface area contributed by atoms with Crippen LogP contribution in [0.2, 0.25) is 0 Å². The Bertz CT molecular complexity index is 550. The third kappa shape index (κ3) is 5.47. The van der Waals surface area contributed by atoms with Crippen LogP contribution in [0.1, 0.15) is 42.5 Å². The van der Waals surface area contributed by atoms with Crippen LogP contribution in [0, 0.1) is 5.92 Å². The molecule has 0 unspecified atom stereocenters. The smallest absolute Gasteiger partial charge is 0.264 e. The van der Waals surface area contributed by atoms with Gasteiger partial charge >= 0.3 is 0 Å². The number of rotatable bonds is 6. The van der Waals surface area contributed by atoms with Crippen LogP contribution in [0.15, 0.2) is 30.3 Å². The summed E-state index contributed by atoms with van der Waals surface area (Å²) in [5, 5.41) is 0. The van der Waals surface area contributed by atoms with E-state index in [0.29, 0.717) is 18.1 Å². The van der Waals surface area contributed by atoms with Gasteiger partial charge in [0.2, 0.25) is 0 Å². The lowest BCUT2D eigenvalue weighted by atomic mass is 9.90. The van der Waals surface area contributed by atoms with Crippen LogP contribution < -0.4 is 4.72 Å². The number of carbonyl (C=O) groups is 1. The minimum atomic E-state index is -3.75. The Morgan fingerprint density at radius 2 is 1.81 bits per heavy atom. The molecule has 0 saturated heterocycles. The molecule has 2 rings (SSSR count). The van der Waals surface area contributed by atoms with Crippen LogP contribution in [0.5, 0.6) is 0 Å². The van der Waals surface area contributed by atoms with Crippen molar-refractivity contribution in [1.82, 2.24) is 4.72 Å². The predicted octanol–water partition coefficient (Wildman–Crippen LogP) is 2.30. The summed E-state index contributed by atoms with van der Waals surface area (Å²) in [6.07, 6.45) is 5.81. The second-order valence-electron chi connectivity index (χ2n) is 5.40. The number of ether oxygens (including phenoxy) is 1. The van der Waals surface area contributed by atoms with Crippen molar-refractivity contribution in [3.8, 4) is 0 Å². The highest BCUT2D eigenvalue weighted by Crippen LogP contribution is 2.23. The van der Waals surface area contributed by atoms with Gasteiger partial charge in [-0.2, -0.15) is 0 Å². The molecule has 0 aromatic heterocycles. The largest absolute Gasteiger partial charge is 0.363 e. The molecule has 0 aliphatic heterocycles. The molecule has 1 aliphatic rings. The van der Waals surface area contributed by atoms with Gasteiger partial charge < -0.3 is 4.74 Å². The summed E-state index contributed by atoms with van der Waals surface area (Å²) < 4.78 is 30.9. The molecular weight excluding hydrogens is 290 g/mol. The minimum Gasteiger partial charge on any atom is -0.363 e. The van der Waals surface area contributed by atoms with Crippen molar-refractivity contribution in [2.75, 3.05) is 12.5 Å². The van der Waals surface area contributed by atoms with Gasteiger partial charge in [-0.15, -0.1) is 0 Å². The van der Waals surface area contributed by atoms with E-state index in [1.807, 2.05) is 4.72 Å². The molecule has 116 valence electrons. The van der Waals surface area contributed by atoms with Crippen molar-refractivity contribution in [1.29, 1.82) is 0 Å². The average Bonchev–Trinajstić information content (AvgIpc) is 2.48. The molecule has 0 atom stereocenters. The summed E-state index contributed by atoms with van der Waals surface area (Å²) in [6, 6.07) is 8.25. The van der Waals surface area contributed by atoms with Gasteiger partial charge in [0, 0.05) is 5.56 Å². The third-order valence-corrected chi connectivity index (χ3v) is 4.57. The lowest BCUT2D eigenvalue weighted by molar-refractivity contribution is 0.0971. The first kappa shape index (κ1) is 16.0. The maximum atomic E-state index is 11.8. The van der Waals surface area contributed by atoms with Crippen LogP contribution in [0.25, 0.3) is 0 Å². The zero-order chi connectivity index (χ0) is 15.1. The number of carbonyl (C=O) groups excluding carboxylic acids is 1. The predicted molar refractivity (Wildman–Crippen MR) is 80.2 cm³/mol. The topological polar surface area (TPSA) is 72.5 Å². The SMILES string of the molecule is O=C(NS(=O)(=O)COCC1CCCCC1)c1ccccc1. The van der Waals surface area contributed by atoms with Crippen LogP contribution in [-0.2, 0) is 14.8 Å². The lowest BCUT2D eigenvalue weighted by Crippen LogP contribution is -2.33. The van der Waals surface area contributed by atoms with Crippen LogP contribution in [-0.4, -0.2) is 26.9 Å². The van der Waals surface area contributed by atoms with Gasteiger partial charge in [-0.3, -0.25) is 4.79 Å². The fourth-order valence-corrected chi connectivity index (χ4v) is 3.27. The fourth-order valence-electron chi connectivity index (χ4n) is 2.50. The van der Waals surface area contributed by atoms with E-state index in [9.17, 15) is 13.2 Å². The summed E-state index contributed by atoms with van der Waals surface area (Å²) in [7, 11) is -3.75. The van der Waals surface area contributed by atoms with E-state index in [4.69, 9.17) is 4.74 Å². The highest BCUT2D eigenvalue weighted by Gasteiger charge is 2.18. The number of benzene rings is 1. The number of sulfonamides is 1. The molecule has 21 heavy (non-hydrogen) atoms. The summed E-state index contributed by atoms with van der Waals surface area (Å²) in [4.78, 5) is 11.8. The molecule has 0 bridgehead atoms. The highest BCUT2D eigenvalue weighted by atomic mass is 32.2. The molecule has 1 aromatic rings. The number of nitrogens with one attached hydrogen (secondary N) is 1. The molecule has 1 saturated carbocycles. The van der Waals surface area contributed by atoms with Crippen molar-refractivity contribution in [3.05, 3.63) is 35.9 Å². The van der Waals surface area contributed by atoms with Gasteiger partial charge in [0.05, 0.1) is 6.61 Å². The van der Waals surface area contributed by atoms with Crippen LogP contribution in [0.3, 0.4) is 0 Å². The van der Waals surface area contributed by atoms with Gasteiger partial charge in [0.25, 0.3) is 15.9 Å². The van der Waals surface area contributed by atoms with Crippen LogP contribution >= 0.6 is 0 Å². The van der Waals surface area contributed by atoms with Gasteiger partial charge in [-0.25, -0.2) is 13.1 Å². The molecule has 1 aliphatic carbocycles. The van der Waals surface area contributed by atoms with E-state index in [1.54, 1.807) is 30.3 Å². The Hall–Kier alpha value is -1.40. The second kappa shape index (κ2) is 7.56. The van der Waals surface area contributed by atoms with E-state index in [1.165, 1.54) is 19.3 Å². The Balaban J connectivity index is 1.77. The summed E-state index contributed by atoms with van der Waals surface area (Å²) in [6.45, 7) is 0.445. The molecule has 0 spiro atoms. The Morgan fingerprint density at radius 1 is 1.14 bits per heavy atom. The first-order valence-corrected chi connectivity index (χ1v) is 8.90. The van der Waals surface area contributed by atoms with Crippen LogP contribution in [0.4, 0.5) is 0 Å². The molecule has 0 heterocycles. The van der Waals surface area contributed by atoms with E-state index >= 15 is 0 Å². The molecular formula is C15H21NO4S. The van der Waals surface area contributed by atoms with Crippen molar-refractivity contribution < 1.29 is 17.9 Å². The van der Waals surface area contributed by atoms with E-state index in [-0.39, 0.29) is 0 Å². The highest BCUT2D eigenvalue weighted by molar-refractivity contribution is 7.89. The average molecular weight is 311 g/mol. The lowest BCUT2D eigenvalue weighted by Gasteiger charge is -2.21. The summed E-state index contributed by atoms with van der Waals surface area (Å²) in [5.41, 5.74) is 0.313. The first-order chi connectivity index (χ1) is 10.1. The van der Waals surface area contributed by atoms with Crippen molar-refractivity contribution in [3.63, 3.8) is 0 Å². The molecule has 1 aromatic carbocycles. The van der Waals surface area contributed by atoms with Gasteiger partial charge in [0.1, 0.15) is 0 Å². The Morgan fingerprint density at radius 3 is 2.48 bits per heavy atom. The van der Waals surface area contributed by atoms with Gasteiger partial charge in [0.15, 0.2) is 5.94 Å². The molecule has 5 nitrogen and oxygen atoms in total. The Kier molecular flexibility index (Phi) is 5.76.